The van der Waals surface area contributed by atoms with E-state index >= 15 is 0 Å². The summed E-state index contributed by atoms with van der Waals surface area (Å²) >= 11 is 12.8. The molecule has 0 radical (unpaired) electrons. The number of furan rings is 1. The number of rotatable bonds is 4. The van der Waals surface area contributed by atoms with E-state index in [-0.39, 0.29) is 0 Å². The molecule has 0 atom stereocenters. The average Bonchev–Trinajstić information content (AvgIpc) is 3.20. The average molecular weight is 381 g/mol. The van der Waals surface area contributed by atoms with Crippen molar-refractivity contribution in [2.75, 3.05) is 12.4 Å². The minimum absolute atomic E-state index is 0.393. The van der Waals surface area contributed by atoms with E-state index in [9.17, 15) is 4.79 Å². The highest BCUT2D eigenvalue weighted by Gasteiger charge is 2.17. The second-order valence-electron chi connectivity index (χ2n) is 4.83. The summed E-state index contributed by atoms with van der Waals surface area (Å²) in [6.07, 6.45) is 1.61. The number of hydrogen-bond acceptors (Lipinski definition) is 5. The van der Waals surface area contributed by atoms with Crippen LogP contribution >= 0.6 is 35.2 Å². The Morgan fingerprint density at radius 2 is 2.25 bits per heavy atom. The Morgan fingerprint density at radius 1 is 1.42 bits per heavy atom. The van der Waals surface area contributed by atoms with Crippen molar-refractivity contribution < 1.29 is 13.9 Å². The first kappa shape index (κ1) is 16.8. The van der Waals surface area contributed by atoms with E-state index in [1.807, 2.05) is 30.3 Å². The molecule has 0 aliphatic rings. The van der Waals surface area contributed by atoms with E-state index < -0.39 is 5.97 Å². The topological polar surface area (TPSA) is 63.5 Å². The van der Waals surface area contributed by atoms with Crippen molar-refractivity contribution in [3.63, 3.8) is 0 Å². The number of methoxy groups -OCH3 is 1. The molecule has 5 nitrogen and oxygen atoms in total. The van der Waals surface area contributed by atoms with E-state index in [0.717, 1.165) is 21.5 Å². The number of thiocarbonyl (C=S) groups is 1. The van der Waals surface area contributed by atoms with Crippen LogP contribution in [0.3, 0.4) is 0 Å². The van der Waals surface area contributed by atoms with E-state index in [1.54, 1.807) is 6.26 Å². The molecular formula is C16H13ClN2O3S2. The molecule has 0 unspecified atom stereocenters. The molecule has 0 saturated heterocycles. The van der Waals surface area contributed by atoms with E-state index in [2.05, 4.69) is 10.6 Å². The summed E-state index contributed by atoms with van der Waals surface area (Å²) in [7, 11) is 1.33. The molecule has 0 spiro atoms. The number of benzene rings is 1. The van der Waals surface area contributed by atoms with Crippen molar-refractivity contribution in [3.8, 4) is 0 Å². The summed E-state index contributed by atoms with van der Waals surface area (Å²) < 4.78 is 10.8. The quantitative estimate of drug-likeness (QED) is 0.516. The second kappa shape index (κ2) is 7.21. The van der Waals surface area contributed by atoms with Crippen LogP contribution in [-0.4, -0.2) is 18.2 Å². The molecular weight excluding hydrogens is 368 g/mol. The number of thiophene rings is 1. The van der Waals surface area contributed by atoms with Crippen LogP contribution < -0.4 is 10.6 Å². The molecule has 124 valence electrons. The highest BCUT2D eigenvalue weighted by atomic mass is 35.5. The van der Waals surface area contributed by atoms with Gasteiger partial charge in [-0.3, -0.25) is 0 Å². The lowest BCUT2D eigenvalue weighted by Crippen LogP contribution is -2.27. The third-order valence-electron chi connectivity index (χ3n) is 3.26. The Labute approximate surface area is 152 Å². The smallest absolute Gasteiger partial charge is 0.349 e. The molecule has 8 heteroatoms. The Balaban J connectivity index is 1.73. The van der Waals surface area contributed by atoms with Crippen LogP contribution in [-0.2, 0) is 11.3 Å². The van der Waals surface area contributed by atoms with Gasteiger partial charge in [0.05, 0.1) is 24.9 Å². The molecule has 0 aliphatic carbocycles. The molecule has 3 aromatic rings. The van der Waals surface area contributed by atoms with Gasteiger partial charge in [0.1, 0.15) is 10.6 Å². The molecule has 0 saturated carbocycles. The van der Waals surface area contributed by atoms with Crippen LogP contribution in [0.5, 0.6) is 0 Å². The van der Waals surface area contributed by atoms with Gasteiger partial charge in [0.2, 0.25) is 0 Å². The number of carbonyl (C=O) groups is 1. The van der Waals surface area contributed by atoms with Gasteiger partial charge >= 0.3 is 5.97 Å². The zero-order valence-corrected chi connectivity index (χ0v) is 15.0. The Kier molecular flexibility index (Phi) is 5.03. The fraction of sp³-hybridized carbons (Fsp3) is 0.125. The van der Waals surface area contributed by atoms with Crippen LogP contribution in [0.4, 0.5) is 5.69 Å². The molecule has 2 aromatic heterocycles. The minimum Gasteiger partial charge on any atom is -0.467 e. The zero-order valence-electron chi connectivity index (χ0n) is 12.6. The van der Waals surface area contributed by atoms with Crippen molar-refractivity contribution in [2.24, 2.45) is 0 Å². The number of hydrogen-bond donors (Lipinski definition) is 2. The number of anilines is 1. The van der Waals surface area contributed by atoms with Crippen LogP contribution in [0.15, 0.2) is 41.0 Å². The summed E-state index contributed by atoms with van der Waals surface area (Å²) in [4.78, 5) is 12.1. The number of esters is 1. The molecule has 2 N–H and O–H groups in total. The normalized spacial score (nSPS) is 10.6. The SMILES string of the molecule is COC(=O)c1sc2cc(NC(=S)NCc3ccco3)ccc2c1Cl. The maximum absolute atomic E-state index is 11.7. The van der Waals surface area contributed by atoms with Gasteiger partial charge in [-0.15, -0.1) is 11.3 Å². The van der Waals surface area contributed by atoms with Gasteiger partial charge in [-0.05, 0) is 42.5 Å². The lowest BCUT2D eigenvalue weighted by Gasteiger charge is -2.09. The first-order chi connectivity index (χ1) is 11.6. The number of carbonyl (C=O) groups excluding carboxylic acids is 1. The zero-order chi connectivity index (χ0) is 17.1. The van der Waals surface area contributed by atoms with Crippen LogP contribution in [0.2, 0.25) is 5.02 Å². The van der Waals surface area contributed by atoms with Crippen molar-refractivity contribution >= 4 is 62.0 Å². The molecule has 3 rings (SSSR count). The number of halogens is 1. The van der Waals surface area contributed by atoms with Gasteiger partial charge in [-0.2, -0.15) is 0 Å². The van der Waals surface area contributed by atoms with Crippen molar-refractivity contribution in [3.05, 3.63) is 52.3 Å². The maximum Gasteiger partial charge on any atom is 0.349 e. The molecule has 0 bridgehead atoms. The van der Waals surface area contributed by atoms with Gasteiger partial charge in [0.25, 0.3) is 0 Å². The summed E-state index contributed by atoms with van der Waals surface area (Å²) in [5.41, 5.74) is 0.800. The molecule has 0 aliphatic heterocycles. The van der Waals surface area contributed by atoms with Gasteiger partial charge in [-0.25, -0.2) is 4.79 Å². The highest BCUT2D eigenvalue weighted by Crippen LogP contribution is 2.37. The lowest BCUT2D eigenvalue weighted by atomic mass is 10.2. The van der Waals surface area contributed by atoms with Gasteiger partial charge < -0.3 is 19.8 Å². The van der Waals surface area contributed by atoms with Crippen molar-refractivity contribution in [1.29, 1.82) is 0 Å². The summed E-state index contributed by atoms with van der Waals surface area (Å²) in [6.45, 7) is 0.498. The summed E-state index contributed by atoms with van der Waals surface area (Å²) in [6, 6.07) is 9.27. The number of fused-ring (bicyclic) bond motifs is 1. The first-order valence-electron chi connectivity index (χ1n) is 6.96. The Hall–Kier alpha value is -2.09. The molecule has 2 heterocycles. The third kappa shape index (κ3) is 3.53. The number of ether oxygens (including phenoxy) is 1. The molecule has 0 amide bonds. The second-order valence-corrected chi connectivity index (χ2v) is 6.67. The first-order valence-corrected chi connectivity index (χ1v) is 8.56. The van der Waals surface area contributed by atoms with Gasteiger partial charge in [0, 0.05) is 15.8 Å². The lowest BCUT2D eigenvalue weighted by molar-refractivity contribution is 0.0606. The largest absolute Gasteiger partial charge is 0.467 e. The monoisotopic (exact) mass is 380 g/mol. The number of nitrogens with one attached hydrogen (secondary N) is 2. The Bertz CT molecular complexity index is 890. The standard InChI is InChI=1S/C16H13ClN2O3S2/c1-21-15(20)14-13(17)11-5-4-9(7-12(11)24-14)19-16(23)18-8-10-3-2-6-22-10/h2-7H,8H2,1H3,(H2,18,19,23). The van der Waals surface area contributed by atoms with Gasteiger partial charge in [0.15, 0.2) is 5.11 Å². The summed E-state index contributed by atoms with van der Waals surface area (Å²) in [5.74, 6) is 0.355. The van der Waals surface area contributed by atoms with E-state index in [1.165, 1.54) is 18.4 Å². The molecule has 1 aromatic carbocycles. The predicted octanol–water partition coefficient (Wildman–Crippen LogP) is 4.42. The van der Waals surface area contributed by atoms with E-state index in [0.29, 0.717) is 21.6 Å². The van der Waals surface area contributed by atoms with Gasteiger partial charge in [-0.1, -0.05) is 11.6 Å². The maximum atomic E-state index is 11.7. The fourth-order valence-electron chi connectivity index (χ4n) is 2.12. The molecule has 24 heavy (non-hydrogen) atoms. The van der Waals surface area contributed by atoms with Crippen LogP contribution in [0, 0.1) is 0 Å². The predicted molar refractivity (Wildman–Crippen MR) is 99.9 cm³/mol. The Morgan fingerprint density at radius 3 is 2.96 bits per heavy atom. The van der Waals surface area contributed by atoms with Crippen LogP contribution in [0.1, 0.15) is 15.4 Å². The fourth-order valence-corrected chi connectivity index (χ4v) is 3.78. The highest BCUT2D eigenvalue weighted by molar-refractivity contribution is 7.80. The third-order valence-corrected chi connectivity index (χ3v) is 5.15. The van der Waals surface area contributed by atoms with Crippen molar-refractivity contribution in [1.82, 2.24) is 5.32 Å². The van der Waals surface area contributed by atoms with Crippen molar-refractivity contribution in [2.45, 2.75) is 6.54 Å². The van der Waals surface area contributed by atoms with Crippen LogP contribution in [0.25, 0.3) is 10.1 Å². The summed E-state index contributed by atoms with van der Waals surface area (Å²) in [5, 5.41) is 7.84. The molecule has 0 fully saturated rings. The minimum atomic E-state index is -0.439. The van der Waals surface area contributed by atoms with E-state index in [4.69, 9.17) is 33.0 Å².